The molecule has 0 atom stereocenters. The van der Waals surface area contributed by atoms with E-state index >= 15 is 0 Å². The Kier molecular flexibility index (Phi) is 6.27. The smallest absolute Gasteiger partial charge is 0.407 e. The van der Waals surface area contributed by atoms with Gasteiger partial charge in [-0.2, -0.15) is 0 Å². The van der Waals surface area contributed by atoms with E-state index in [2.05, 4.69) is 10.2 Å². The van der Waals surface area contributed by atoms with Gasteiger partial charge in [0.25, 0.3) is 0 Å². The predicted octanol–water partition coefficient (Wildman–Crippen LogP) is 2.14. The van der Waals surface area contributed by atoms with Crippen molar-refractivity contribution in [2.24, 2.45) is 0 Å². The molecule has 1 saturated carbocycles. The van der Waals surface area contributed by atoms with Crippen molar-refractivity contribution >= 4 is 6.09 Å². The van der Waals surface area contributed by atoms with E-state index in [1.807, 2.05) is 27.8 Å². The topological polar surface area (TPSA) is 61.8 Å². The molecule has 0 aromatic rings. The Morgan fingerprint density at radius 3 is 2.40 bits per heavy atom. The molecule has 1 rings (SSSR count). The minimum Gasteiger partial charge on any atom is -0.444 e. The molecule has 0 aromatic carbocycles. The molecule has 0 saturated heterocycles. The second-order valence-corrected chi connectivity index (χ2v) is 6.79. The van der Waals surface area contributed by atoms with Crippen LogP contribution in [0.4, 0.5) is 4.79 Å². The highest BCUT2D eigenvalue weighted by Gasteiger charge is 2.36. The second-order valence-electron chi connectivity index (χ2n) is 6.79. The molecule has 0 unspecified atom stereocenters. The molecule has 1 amide bonds. The van der Waals surface area contributed by atoms with E-state index in [1.165, 1.54) is 19.3 Å². The number of hydrogen-bond acceptors (Lipinski definition) is 4. The minimum absolute atomic E-state index is 0.0438. The number of alkyl carbamates (subject to hydrolysis) is 1. The summed E-state index contributed by atoms with van der Waals surface area (Å²) in [5, 5.41) is 12.1. The lowest BCUT2D eigenvalue weighted by atomic mass is 9.80. The summed E-state index contributed by atoms with van der Waals surface area (Å²) in [4.78, 5) is 14.0. The summed E-state index contributed by atoms with van der Waals surface area (Å²) in [6.45, 7) is 6.95. The number of β-amino-alcohol motifs (C(OH)–C–C–N with tert-alkyl or cyclic N) is 1. The molecule has 118 valence electrons. The molecule has 0 bridgehead atoms. The van der Waals surface area contributed by atoms with Crippen molar-refractivity contribution < 1.29 is 14.6 Å². The van der Waals surface area contributed by atoms with Gasteiger partial charge in [-0.25, -0.2) is 4.79 Å². The first kappa shape index (κ1) is 17.2. The molecule has 1 fully saturated rings. The van der Waals surface area contributed by atoms with Gasteiger partial charge in [-0.1, -0.05) is 19.3 Å². The number of likely N-dealkylation sites (N-methyl/N-ethyl adjacent to an activating group) is 1. The average molecular weight is 286 g/mol. The molecule has 0 spiro atoms. The normalized spacial score (nSPS) is 18.9. The van der Waals surface area contributed by atoms with Crippen molar-refractivity contribution in [3.63, 3.8) is 0 Å². The standard InChI is InChI=1S/C15H30N2O3/c1-14(2,3)20-13(19)16-12-15(17(4)10-11-18)8-6-5-7-9-15/h18H,5-12H2,1-4H3,(H,16,19). The Bertz CT molecular complexity index is 307. The molecule has 0 heterocycles. The summed E-state index contributed by atoms with van der Waals surface area (Å²) in [7, 11) is 2.03. The fourth-order valence-corrected chi connectivity index (χ4v) is 2.84. The van der Waals surface area contributed by atoms with E-state index in [0.717, 1.165) is 12.8 Å². The number of ether oxygens (including phenoxy) is 1. The number of carbonyl (C=O) groups is 1. The number of nitrogens with one attached hydrogen (secondary N) is 1. The number of amides is 1. The van der Waals surface area contributed by atoms with Crippen LogP contribution >= 0.6 is 0 Å². The van der Waals surface area contributed by atoms with E-state index in [1.54, 1.807) is 0 Å². The third-order valence-corrected chi connectivity index (χ3v) is 3.99. The zero-order chi connectivity index (χ0) is 15.2. The Morgan fingerprint density at radius 2 is 1.90 bits per heavy atom. The first-order valence-electron chi connectivity index (χ1n) is 7.58. The second kappa shape index (κ2) is 7.27. The molecule has 1 aliphatic carbocycles. The number of carbonyl (C=O) groups excluding carboxylic acids is 1. The molecule has 5 heteroatoms. The quantitative estimate of drug-likeness (QED) is 0.813. The van der Waals surface area contributed by atoms with Crippen molar-refractivity contribution in [3.8, 4) is 0 Å². The van der Waals surface area contributed by atoms with Gasteiger partial charge in [0.05, 0.1) is 6.61 Å². The highest BCUT2D eigenvalue weighted by molar-refractivity contribution is 5.67. The molecule has 2 N–H and O–H groups in total. The lowest BCUT2D eigenvalue weighted by molar-refractivity contribution is 0.0353. The van der Waals surface area contributed by atoms with Crippen LogP contribution in [0.3, 0.4) is 0 Å². The number of aliphatic hydroxyl groups excluding tert-OH is 1. The van der Waals surface area contributed by atoms with Crippen molar-refractivity contribution in [3.05, 3.63) is 0 Å². The van der Waals surface area contributed by atoms with E-state index < -0.39 is 5.60 Å². The summed E-state index contributed by atoms with van der Waals surface area (Å²) in [6, 6.07) is 0. The summed E-state index contributed by atoms with van der Waals surface area (Å²) in [6.07, 6.45) is 5.34. The van der Waals surface area contributed by atoms with Crippen molar-refractivity contribution in [2.45, 2.75) is 64.0 Å². The van der Waals surface area contributed by atoms with Gasteiger partial charge in [0.15, 0.2) is 0 Å². The maximum absolute atomic E-state index is 11.8. The maximum atomic E-state index is 11.8. The van der Waals surface area contributed by atoms with Crippen molar-refractivity contribution in [2.75, 3.05) is 26.7 Å². The molecular formula is C15H30N2O3. The molecule has 0 aliphatic heterocycles. The van der Waals surface area contributed by atoms with Gasteiger partial charge in [-0.05, 0) is 40.7 Å². The van der Waals surface area contributed by atoms with Crippen LogP contribution in [0, 0.1) is 0 Å². The van der Waals surface area contributed by atoms with E-state index in [-0.39, 0.29) is 18.2 Å². The van der Waals surface area contributed by atoms with Crippen LogP contribution in [0.2, 0.25) is 0 Å². The van der Waals surface area contributed by atoms with Crippen LogP contribution in [0.15, 0.2) is 0 Å². The molecule has 0 aromatic heterocycles. The number of hydrogen-bond donors (Lipinski definition) is 2. The average Bonchev–Trinajstić information content (AvgIpc) is 2.36. The van der Waals surface area contributed by atoms with Crippen molar-refractivity contribution in [1.82, 2.24) is 10.2 Å². The Hall–Kier alpha value is -0.810. The van der Waals surface area contributed by atoms with Gasteiger partial charge >= 0.3 is 6.09 Å². The van der Waals surface area contributed by atoms with E-state index in [9.17, 15) is 4.79 Å². The van der Waals surface area contributed by atoms with Gasteiger partial charge in [0, 0.05) is 18.6 Å². The van der Waals surface area contributed by atoms with Gasteiger partial charge < -0.3 is 15.2 Å². The third kappa shape index (κ3) is 5.29. The molecule has 5 nitrogen and oxygen atoms in total. The van der Waals surface area contributed by atoms with Gasteiger partial charge in [0.1, 0.15) is 5.60 Å². The summed E-state index contributed by atoms with van der Waals surface area (Å²) in [5.41, 5.74) is -0.515. The fraction of sp³-hybridized carbons (Fsp3) is 0.933. The van der Waals surface area contributed by atoms with Crippen LogP contribution < -0.4 is 5.32 Å². The molecule has 20 heavy (non-hydrogen) atoms. The number of nitrogens with zero attached hydrogens (tertiary/aromatic N) is 1. The van der Waals surface area contributed by atoms with E-state index in [4.69, 9.17) is 9.84 Å². The lowest BCUT2D eigenvalue weighted by Crippen LogP contribution is -2.56. The third-order valence-electron chi connectivity index (χ3n) is 3.99. The van der Waals surface area contributed by atoms with Crippen LogP contribution in [-0.4, -0.2) is 54.0 Å². The Morgan fingerprint density at radius 1 is 1.30 bits per heavy atom. The zero-order valence-corrected chi connectivity index (χ0v) is 13.4. The number of aliphatic hydroxyl groups is 1. The fourth-order valence-electron chi connectivity index (χ4n) is 2.84. The Labute approximate surface area is 122 Å². The Balaban J connectivity index is 2.59. The SMILES string of the molecule is CN(CCO)C1(CNC(=O)OC(C)(C)C)CCCCC1. The van der Waals surface area contributed by atoms with Crippen molar-refractivity contribution in [1.29, 1.82) is 0 Å². The van der Waals surface area contributed by atoms with Gasteiger partial charge in [-0.3, -0.25) is 4.90 Å². The maximum Gasteiger partial charge on any atom is 0.407 e. The minimum atomic E-state index is -0.471. The van der Waals surface area contributed by atoms with E-state index in [0.29, 0.717) is 13.1 Å². The molecular weight excluding hydrogens is 256 g/mol. The number of rotatable bonds is 5. The summed E-state index contributed by atoms with van der Waals surface area (Å²) >= 11 is 0. The summed E-state index contributed by atoms with van der Waals surface area (Å²) in [5.74, 6) is 0. The van der Waals surface area contributed by atoms with Crippen LogP contribution in [0.1, 0.15) is 52.9 Å². The van der Waals surface area contributed by atoms with Crippen LogP contribution in [0.25, 0.3) is 0 Å². The summed E-state index contributed by atoms with van der Waals surface area (Å²) < 4.78 is 5.30. The highest BCUT2D eigenvalue weighted by atomic mass is 16.6. The predicted molar refractivity (Wildman–Crippen MR) is 79.8 cm³/mol. The lowest BCUT2D eigenvalue weighted by Gasteiger charge is -2.44. The van der Waals surface area contributed by atoms with Crippen LogP contribution in [-0.2, 0) is 4.74 Å². The monoisotopic (exact) mass is 286 g/mol. The molecule has 0 radical (unpaired) electrons. The van der Waals surface area contributed by atoms with Gasteiger partial charge in [0.2, 0.25) is 0 Å². The largest absolute Gasteiger partial charge is 0.444 e. The first-order chi connectivity index (χ1) is 9.29. The zero-order valence-electron chi connectivity index (χ0n) is 13.4. The highest BCUT2D eigenvalue weighted by Crippen LogP contribution is 2.32. The van der Waals surface area contributed by atoms with Crippen LogP contribution in [0.5, 0.6) is 0 Å². The molecule has 1 aliphatic rings. The first-order valence-corrected chi connectivity index (χ1v) is 7.58. The van der Waals surface area contributed by atoms with Gasteiger partial charge in [-0.15, -0.1) is 0 Å².